The van der Waals surface area contributed by atoms with Crippen LogP contribution in [0.3, 0.4) is 0 Å². The van der Waals surface area contributed by atoms with Crippen LogP contribution in [0.15, 0.2) is 24.3 Å². The highest BCUT2D eigenvalue weighted by Crippen LogP contribution is 2.34. The summed E-state index contributed by atoms with van der Waals surface area (Å²) in [4.78, 5) is 0. The third kappa shape index (κ3) is 2.94. The van der Waals surface area contributed by atoms with Crippen molar-refractivity contribution >= 4 is 0 Å². The molecule has 1 aliphatic rings. The number of hydrogen-bond acceptors (Lipinski definition) is 1. The fourth-order valence-electron chi connectivity index (χ4n) is 3.02. The van der Waals surface area contributed by atoms with E-state index in [9.17, 15) is 0 Å². The van der Waals surface area contributed by atoms with Crippen LogP contribution in [0.5, 0.6) is 0 Å². The van der Waals surface area contributed by atoms with Crippen LogP contribution in [0.25, 0.3) is 0 Å². The van der Waals surface area contributed by atoms with Crippen molar-refractivity contribution in [1.82, 2.24) is 5.32 Å². The molecule has 1 nitrogen and oxygen atoms in total. The van der Waals surface area contributed by atoms with Crippen molar-refractivity contribution < 1.29 is 0 Å². The van der Waals surface area contributed by atoms with Gasteiger partial charge in [0.05, 0.1) is 0 Å². The van der Waals surface area contributed by atoms with Gasteiger partial charge in [0.1, 0.15) is 0 Å². The van der Waals surface area contributed by atoms with Gasteiger partial charge in [0.2, 0.25) is 0 Å². The lowest BCUT2D eigenvalue weighted by Gasteiger charge is -2.32. The molecule has 1 N–H and O–H groups in total. The van der Waals surface area contributed by atoms with E-state index in [1.165, 1.54) is 30.4 Å². The second-order valence-corrected chi connectivity index (χ2v) is 5.17. The van der Waals surface area contributed by atoms with Crippen LogP contribution < -0.4 is 5.32 Å². The van der Waals surface area contributed by atoms with Crippen LogP contribution in [0.2, 0.25) is 0 Å². The Labute approximate surface area is 111 Å². The molecule has 0 bridgehead atoms. The number of benzene rings is 1. The molecule has 0 aromatic heterocycles. The minimum atomic E-state index is 0.441. The van der Waals surface area contributed by atoms with Gasteiger partial charge in [-0.25, -0.2) is 0 Å². The maximum atomic E-state index is 5.54. The van der Waals surface area contributed by atoms with E-state index in [2.05, 4.69) is 42.4 Å². The van der Waals surface area contributed by atoms with Crippen molar-refractivity contribution in [3.8, 4) is 12.3 Å². The summed E-state index contributed by atoms with van der Waals surface area (Å²) in [6, 6.07) is 9.31. The van der Waals surface area contributed by atoms with Gasteiger partial charge in [-0.05, 0) is 43.4 Å². The van der Waals surface area contributed by atoms with Gasteiger partial charge in [-0.2, -0.15) is 0 Å². The first-order chi connectivity index (χ1) is 8.86. The Hall–Kier alpha value is -1.26. The molecule has 0 spiro atoms. The number of fused-ring (bicyclic) bond motifs is 1. The van der Waals surface area contributed by atoms with E-state index >= 15 is 0 Å². The van der Waals surface area contributed by atoms with Gasteiger partial charge < -0.3 is 5.32 Å². The maximum absolute atomic E-state index is 5.54. The van der Waals surface area contributed by atoms with Crippen LogP contribution in [0.1, 0.15) is 49.7 Å². The summed E-state index contributed by atoms with van der Waals surface area (Å²) in [6.07, 6.45) is 11.3. The lowest BCUT2D eigenvalue weighted by Crippen LogP contribution is -2.36. The fourth-order valence-corrected chi connectivity index (χ4v) is 3.02. The molecule has 2 rings (SSSR count). The maximum Gasteiger partial charge on any atom is 0.0246 e. The minimum Gasteiger partial charge on any atom is -0.312 e. The molecule has 1 aromatic rings. The van der Waals surface area contributed by atoms with E-state index in [0.717, 1.165) is 19.4 Å². The molecule has 18 heavy (non-hydrogen) atoms. The lowest BCUT2D eigenvalue weighted by molar-refractivity contribution is 0.397. The quantitative estimate of drug-likeness (QED) is 0.778. The highest BCUT2D eigenvalue weighted by molar-refractivity contribution is 5.34. The van der Waals surface area contributed by atoms with Crippen molar-refractivity contribution in [3.63, 3.8) is 0 Å². The molecule has 96 valence electrons. The third-order valence-corrected chi connectivity index (χ3v) is 3.90. The summed E-state index contributed by atoms with van der Waals surface area (Å²) in [5, 5.41) is 3.64. The monoisotopic (exact) mass is 241 g/mol. The largest absolute Gasteiger partial charge is 0.312 e. The van der Waals surface area contributed by atoms with Gasteiger partial charge in [0.15, 0.2) is 0 Å². The van der Waals surface area contributed by atoms with Gasteiger partial charge in [0, 0.05) is 18.4 Å². The Morgan fingerprint density at radius 3 is 3.06 bits per heavy atom. The van der Waals surface area contributed by atoms with E-state index in [4.69, 9.17) is 6.42 Å². The molecule has 2 unspecified atom stereocenters. The molecule has 0 heterocycles. The SMILES string of the molecule is C#CCC(NCCC)C1CCCc2ccccc21. The predicted molar refractivity (Wildman–Crippen MR) is 77.7 cm³/mol. The molecule has 1 heteroatoms. The van der Waals surface area contributed by atoms with Crippen LogP contribution in [-0.2, 0) is 6.42 Å². The molecule has 0 radical (unpaired) electrons. The zero-order valence-corrected chi connectivity index (χ0v) is 11.3. The summed E-state index contributed by atoms with van der Waals surface area (Å²) < 4.78 is 0. The average Bonchev–Trinajstić information content (AvgIpc) is 2.43. The second-order valence-electron chi connectivity index (χ2n) is 5.17. The van der Waals surface area contributed by atoms with Gasteiger partial charge in [-0.3, -0.25) is 0 Å². The number of terminal acetylenes is 1. The topological polar surface area (TPSA) is 12.0 Å². The zero-order valence-electron chi connectivity index (χ0n) is 11.3. The van der Waals surface area contributed by atoms with E-state index < -0.39 is 0 Å². The lowest BCUT2D eigenvalue weighted by atomic mass is 9.78. The fraction of sp³-hybridized carbons (Fsp3) is 0.529. The van der Waals surface area contributed by atoms with Gasteiger partial charge in [-0.1, -0.05) is 31.2 Å². The Balaban J connectivity index is 2.18. The van der Waals surface area contributed by atoms with Gasteiger partial charge in [0.25, 0.3) is 0 Å². The highest BCUT2D eigenvalue weighted by Gasteiger charge is 2.26. The number of aryl methyl sites for hydroxylation is 1. The second kappa shape index (κ2) is 6.61. The Bertz CT molecular complexity index is 416. The summed E-state index contributed by atoms with van der Waals surface area (Å²) in [5.74, 6) is 3.44. The summed E-state index contributed by atoms with van der Waals surface area (Å²) >= 11 is 0. The number of rotatable bonds is 5. The number of nitrogens with one attached hydrogen (secondary N) is 1. The number of hydrogen-bond donors (Lipinski definition) is 1. The molecule has 0 fully saturated rings. The van der Waals surface area contributed by atoms with E-state index in [1.807, 2.05) is 0 Å². The van der Waals surface area contributed by atoms with Crippen molar-refractivity contribution in [1.29, 1.82) is 0 Å². The van der Waals surface area contributed by atoms with Crippen LogP contribution in [0, 0.1) is 12.3 Å². The zero-order chi connectivity index (χ0) is 12.8. The Kier molecular flexibility index (Phi) is 4.84. The summed E-state index contributed by atoms with van der Waals surface area (Å²) in [6.45, 7) is 3.26. The molecule has 0 saturated heterocycles. The smallest absolute Gasteiger partial charge is 0.0246 e. The van der Waals surface area contributed by atoms with E-state index in [0.29, 0.717) is 12.0 Å². The Morgan fingerprint density at radius 1 is 1.44 bits per heavy atom. The van der Waals surface area contributed by atoms with Crippen LogP contribution >= 0.6 is 0 Å². The van der Waals surface area contributed by atoms with Crippen molar-refractivity contribution in [2.24, 2.45) is 0 Å². The molecule has 0 saturated carbocycles. The minimum absolute atomic E-state index is 0.441. The summed E-state index contributed by atoms with van der Waals surface area (Å²) in [7, 11) is 0. The Morgan fingerprint density at radius 2 is 2.28 bits per heavy atom. The van der Waals surface area contributed by atoms with Crippen LogP contribution in [-0.4, -0.2) is 12.6 Å². The van der Waals surface area contributed by atoms with Crippen molar-refractivity contribution in [2.75, 3.05) is 6.54 Å². The standard InChI is InChI=1S/C17H23N/c1-3-8-17(18-13-4-2)16-12-7-10-14-9-5-6-11-15(14)16/h1,5-6,9,11,16-18H,4,7-8,10,12-13H2,2H3. The molecular weight excluding hydrogens is 218 g/mol. The van der Waals surface area contributed by atoms with Crippen molar-refractivity contribution in [2.45, 2.75) is 51.0 Å². The molecule has 0 amide bonds. The first-order valence-electron chi connectivity index (χ1n) is 7.11. The average molecular weight is 241 g/mol. The van der Waals surface area contributed by atoms with Gasteiger partial charge in [-0.15, -0.1) is 12.3 Å². The van der Waals surface area contributed by atoms with Crippen molar-refractivity contribution in [3.05, 3.63) is 35.4 Å². The molecule has 1 aromatic carbocycles. The first-order valence-corrected chi connectivity index (χ1v) is 7.11. The summed E-state index contributed by atoms with van der Waals surface area (Å²) in [5.41, 5.74) is 3.04. The molecular formula is C17H23N. The molecule has 0 aliphatic heterocycles. The highest BCUT2D eigenvalue weighted by atomic mass is 14.9. The normalized spacial score (nSPS) is 19.9. The first kappa shape index (κ1) is 13.2. The molecule has 1 aliphatic carbocycles. The predicted octanol–water partition coefficient (Wildman–Crippen LogP) is 3.50. The molecule has 2 atom stereocenters. The van der Waals surface area contributed by atoms with E-state index in [1.54, 1.807) is 0 Å². The van der Waals surface area contributed by atoms with Gasteiger partial charge >= 0.3 is 0 Å². The van der Waals surface area contributed by atoms with E-state index in [-0.39, 0.29) is 0 Å². The third-order valence-electron chi connectivity index (χ3n) is 3.90. The van der Waals surface area contributed by atoms with Crippen LogP contribution in [0.4, 0.5) is 0 Å².